The molecule has 0 fully saturated rings. The van der Waals surface area contributed by atoms with Crippen LogP contribution in [-0.2, 0) is 4.74 Å². The molecule has 0 radical (unpaired) electrons. The normalized spacial score (nSPS) is 12.5. The molecule has 0 aliphatic carbocycles. The highest BCUT2D eigenvalue weighted by Gasteiger charge is 2.11. The minimum Gasteiger partial charge on any atom is -0.465 e. The lowest BCUT2D eigenvalue weighted by molar-refractivity contribution is 0.0606. The molecule has 0 saturated carbocycles. The van der Waals surface area contributed by atoms with Gasteiger partial charge in [-0.2, -0.15) is 0 Å². The highest BCUT2D eigenvalue weighted by Crippen LogP contribution is 2.24. The second-order valence-electron chi connectivity index (χ2n) is 2.83. The predicted octanol–water partition coefficient (Wildman–Crippen LogP) is 1.60. The zero-order valence-electron chi connectivity index (χ0n) is 7.74. The summed E-state index contributed by atoms with van der Waals surface area (Å²) in [7, 11) is 1.38. The number of esters is 1. The van der Waals surface area contributed by atoms with E-state index >= 15 is 0 Å². The van der Waals surface area contributed by atoms with E-state index in [1.165, 1.54) is 18.4 Å². The molecular formula is C9H13NO2S. The average Bonchev–Trinajstić information content (AvgIpc) is 2.64. The minimum absolute atomic E-state index is 0.277. The van der Waals surface area contributed by atoms with Crippen molar-refractivity contribution in [3.63, 3.8) is 0 Å². The second-order valence-corrected chi connectivity index (χ2v) is 3.95. The van der Waals surface area contributed by atoms with Gasteiger partial charge in [0.25, 0.3) is 0 Å². The van der Waals surface area contributed by atoms with Crippen LogP contribution >= 0.6 is 11.3 Å². The molecule has 3 nitrogen and oxygen atoms in total. The number of methoxy groups -OCH3 is 1. The Morgan fingerprint density at radius 2 is 2.38 bits per heavy atom. The van der Waals surface area contributed by atoms with Crippen molar-refractivity contribution in [1.82, 2.24) is 0 Å². The van der Waals surface area contributed by atoms with Crippen LogP contribution < -0.4 is 5.73 Å². The van der Waals surface area contributed by atoms with Gasteiger partial charge in [0.2, 0.25) is 0 Å². The van der Waals surface area contributed by atoms with E-state index in [0.29, 0.717) is 17.3 Å². The summed E-state index contributed by atoms with van der Waals surface area (Å²) in [4.78, 5) is 12.9. The first-order chi connectivity index (χ1) is 6.19. The smallest absolute Gasteiger partial charge is 0.348 e. The predicted molar refractivity (Wildman–Crippen MR) is 53.1 cm³/mol. The molecule has 0 aromatic carbocycles. The molecule has 0 spiro atoms. The van der Waals surface area contributed by atoms with Gasteiger partial charge in [-0.05, 0) is 18.7 Å². The fourth-order valence-electron chi connectivity index (χ4n) is 0.944. The topological polar surface area (TPSA) is 52.3 Å². The fraction of sp³-hybridized carbons (Fsp3) is 0.444. The van der Waals surface area contributed by atoms with Gasteiger partial charge in [-0.25, -0.2) is 4.79 Å². The van der Waals surface area contributed by atoms with Crippen LogP contribution in [0.15, 0.2) is 12.1 Å². The first-order valence-electron chi connectivity index (χ1n) is 4.07. The molecule has 1 atom stereocenters. The Kier molecular flexibility index (Phi) is 3.45. The first-order valence-corrected chi connectivity index (χ1v) is 4.88. The van der Waals surface area contributed by atoms with E-state index in [1.54, 1.807) is 6.07 Å². The molecular weight excluding hydrogens is 186 g/mol. The average molecular weight is 199 g/mol. The minimum atomic E-state index is -0.277. The molecule has 1 aromatic heterocycles. The van der Waals surface area contributed by atoms with Gasteiger partial charge in [0.1, 0.15) is 4.88 Å². The Bertz CT molecular complexity index is 296. The third kappa shape index (κ3) is 2.29. The van der Waals surface area contributed by atoms with Crippen molar-refractivity contribution in [1.29, 1.82) is 0 Å². The van der Waals surface area contributed by atoms with E-state index in [4.69, 9.17) is 5.73 Å². The van der Waals surface area contributed by atoms with Crippen molar-refractivity contribution in [3.8, 4) is 0 Å². The van der Waals surface area contributed by atoms with E-state index in [-0.39, 0.29) is 5.97 Å². The largest absolute Gasteiger partial charge is 0.465 e. The Morgan fingerprint density at radius 1 is 1.69 bits per heavy atom. The van der Waals surface area contributed by atoms with Gasteiger partial charge in [-0.3, -0.25) is 0 Å². The third-order valence-electron chi connectivity index (χ3n) is 1.85. The number of hydrogen-bond donors (Lipinski definition) is 1. The summed E-state index contributed by atoms with van der Waals surface area (Å²) in [5, 5.41) is 0. The molecule has 13 heavy (non-hydrogen) atoms. The summed E-state index contributed by atoms with van der Waals surface area (Å²) in [6, 6.07) is 3.70. The summed E-state index contributed by atoms with van der Waals surface area (Å²) in [5.74, 6) is 0.0314. The molecule has 1 aromatic rings. The Morgan fingerprint density at radius 3 is 2.92 bits per heavy atom. The number of nitrogens with two attached hydrogens (primary N) is 1. The van der Waals surface area contributed by atoms with Crippen molar-refractivity contribution in [2.75, 3.05) is 13.7 Å². The van der Waals surface area contributed by atoms with E-state index in [1.807, 2.05) is 13.0 Å². The van der Waals surface area contributed by atoms with E-state index in [2.05, 4.69) is 4.74 Å². The Labute approximate surface area is 81.5 Å². The summed E-state index contributed by atoms with van der Waals surface area (Å²) in [6.45, 7) is 2.63. The van der Waals surface area contributed by atoms with Crippen LogP contribution in [0.25, 0.3) is 0 Å². The zero-order valence-corrected chi connectivity index (χ0v) is 8.56. The molecule has 0 aliphatic heterocycles. The van der Waals surface area contributed by atoms with Gasteiger partial charge in [-0.15, -0.1) is 11.3 Å². The van der Waals surface area contributed by atoms with Crippen molar-refractivity contribution in [3.05, 3.63) is 21.9 Å². The summed E-state index contributed by atoms with van der Waals surface area (Å²) >= 11 is 1.44. The molecule has 1 rings (SSSR count). The van der Waals surface area contributed by atoms with Crippen LogP contribution in [0.2, 0.25) is 0 Å². The van der Waals surface area contributed by atoms with Crippen LogP contribution in [0.3, 0.4) is 0 Å². The fourth-order valence-corrected chi connectivity index (χ4v) is 1.93. The van der Waals surface area contributed by atoms with Crippen LogP contribution in [0, 0.1) is 0 Å². The van der Waals surface area contributed by atoms with Gasteiger partial charge in [0, 0.05) is 10.8 Å². The number of hydrogen-bond acceptors (Lipinski definition) is 4. The Hall–Kier alpha value is -0.870. The summed E-state index contributed by atoms with van der Waals surface area (Å²) in [6.07, 6.45) is 0. The van der Waals surface area contributed by atoms with Gasteiger partial charge in [-0.1, -0.05) is 6.92 Å². The molecule has 1 heterocycles. The van der Waals surface area contributed by atoms with Crippen LogP contribution in [0.1, 0.15) is 27.4 Å². The maximum Gasteiger partial charge on any atom is 0.348 e. The second kappa shape index (κ2) is 4.39. The number of carbonyl (C=O) groups excluding carboxylic acids is 1. The van der Waals surface area contributed by atoms with E-state index < -0.39 is 0 Å². The lowest BCUT2D eigenvalue weighted by Crippen LogP contribution is -2.07. The molecule has 72 valence electrons. The quantitative estimate of drug-likeness (QED) is 0.752. The molecule has 0 amide bonds. The molecule has 0 aliphatic rings. The van der Waals surface area contributed by atoms with Crippen molar-refractivity contribution in [2.24, 2.45) is 5.73 Å². The molecule has 4 heteroatoms. The van der Waals surface area contributed by atoms with Crippen molar-refractivity contribution in [2.45, 2.75) is 12.8 Å². The van der Waals surface area contributed by atoms with Crippen LogP contribution in [0.4, 0.5) is 0 Å². The molecule has 0 saturated heterocycles. The van der Waals surface area contributed by atoms with Crippen molar-refractivity contribution >= 4 is 17.3 Å². The third-order valence-corrected chi connectivity index (χ3v) is 3.15. The Balaban J connectivity index is 2.80. The number of rotatable bonds is 3. The van der Waals surface area contributed by atoms with Crippen LogP contribution in [0.5, 0.6) is 0 Å². The maximum atomic E-state index is 11.1. The first kappa shape index (κ1) is 10.2. The van der Waals surface area contributed by atoms with E-state index in [0.717, 1.165) is 4.88 Å². The number of thiophene rings is 1. The number of ether oxygens (including phenoxy) is 1. The zero-order chi connectivity index (χ0) is 9.84. The number of carbonyl (C=O) groups is 1. The van der Waals surface area contributed by atoms with Crippen molar-refractivity contribution < 1.29 is 9.53 Å². The summed E-state index contributed by atoms with van der Waals surface area (Å²) < 4.78 is 4.60. The van der Waals surface area contributed by atoms with Gasteiger partial charge >= 0.3 is 5.97 Å². The SMILES string of the molecule is COC(=O)c1ccc(C(C)CN)s1. The molecule has 1 unspecified atom stereocenters. The van der Waals surface area contributed by atoms with Gasteiger partial charge < -0.3 is 10.5 Å². The van der Waals surface area contributed by atoms with Gasteiger partial charge in [0.15, 0.2) is 0 Å². The summed E-state index contributed by atoms with van der Waals surface area (Å²) in [5.41, 5.74) is 5.51. The maximum absolute atomic E-state index is 11.1. The highest BCUT2D eigenvalue weighted by atomic mass is 32.1. The van der Waals surface area contributed by atoms with Gasteiger partial charge in [0.05, 0.1) is 7.11 Å². The lowest BCUT2D eigenvalue weighted by atomic mass is 10.1. The standard InChI is InChI=1S/C9H13NO2S/c1-6(5-10)7-3-4-8(13-7)9(11)12-2/h3-4,6H,5,10H2,1-2H3. The lowest BCUT2D eigenvalue weighted by Gasteiger charge is -2.02. The monoisotopic (exact) mass is 199 g/mol. The molecule has 0 bridgehead atoms. The van der Waals surface area contributed by atoms with E-state index in [9.17, 15) is 4.79 Å². The highest BCUT2D eigenvalue weighted by molar-refractivity contribution is 7.14. The molecule has 2 N–H and O–H groups in total. The van der Waals surface area contributed by atoms with Crippen LogP contribution in [-0.4, -0.2) is 19.6 Å².